The number of thioether (sulfide) groups is 1. The molecule has 0 aliphatic carbocycles. The van der Waals surface area contributed by atoms with Gasteiger partial charge in [0.25, 0.3) is 0 Å². The van der Waals surface area contributed by atoms with Gasteiger partial charge in [0.05, 0.1) is 5.02 Å². The molecule has 28 heavy (non-hydrogen) atoms. The molecule has 2 aromatic rings. The maximum atomic E-state index is 12.6. The number of nitrogens with zero attached hydrogens (tertiary/aromatic N) is 1. The van der Waals surface area contributed by atoms with Crippen LogP contribution in [-0.2, 0) is 22.5 Å². The predicted octanol–water partition coefficient (Wildman–Crippen LogP) is 4.62. The molecule has 1 aromatic carbocycles. The second kappa shape index (κ2) is 9.24. The number of ether oxygens (including phenoxy) is 1. The Labute approximate surface area is 170 Å². The largest absolute Gasteiger partial charge is 0.490 e. The number of rotatable bonds is 6. The minimum atomic E-state index is -5.02. The van der Waals surface area contributed by atoms with Crippen LogP contribution >= 0.6 is 23.4 Å². The van der Waals surface area contributed by atoms with Gasteiger partial charge in [0, 0.05) is 30.4 Å². The fourth-order valence-corrected chi connectivity index (χ4v) is 4.55. The van der Waals surface area contributed by atoms with Crippen molar-refractivity contribution in [3.05, 3.63) is 52.8 Å². The zero-order chi connectivity index (χ0) is 20.1. The lowest BCUT2D eigenvalue weighted by molar-refractivity contribution is -0.205. The highest BCUT2D eigenvalue weighted by Gasteiger charge is 2.43. The third-order valence-corrected chi connectivity index (χ3v) is 6.11. The number of aromatic nitrogens is 1. The van der Waals surface area contributed by atoms with Crippen molar-refractivity contribution in [2.45, 2.75) is 36.6 Å². The first kappa shape index (κ1) is 21.1. The second-order valence-electron chi connectivity index (χ2n) is 6.41. The number of carbonyl (C=O) groups is 1. The van der Waals surface area contributed by atoms with Gasteiger partial charge in [-0.3, -0.25) is 0 Å². The summed E-state index contributed by atoms with van der Waals surface area (Å²) in [6.45, 7) is 1.58. The molecule has 152 valence electrons. The van der Waals surface area contributed by atoms with E-state index in [9.17, 15) is 18.0 Å². The highest BCUT2D eigenvalue weighted by molar-refractivity contribution is 7.99. The van der Waals surface area contributed by atoms with Crippen molar-refractivity contribution in [1.29, 1.82) is 0 Å². The predicted molar refractivity (Wildman–Crippen MR) is 103 cm³/mol. The summed E-state index contributed by atoms with van der Waals surface area (Å²) in [5.41, 5.74) is 1.43. The third kappa shape index (κ3) is 5.24. The van der Waals surface area contributed by atoms with Gasteiger partial charge >= 0.3 is 12.1 Å². The molecule has 0 saturated carbocycles. The van der Waals surface area contributed by atoms with Gasteiger partial charge in [-0.1, -0.05) is 17.7 Å². The van der Waals surface area contributed by atoms with Crippen molar-refractivity contribution in [2.24, 2.45) is 0 Å². The lowest BCUT2D eigenvalue weighted by Gasteiger charge is -2.21. The van der Waals surface area contributed by atoms with E-state index in [1.807, 2.05) is 24.5 Å². The molecule has 0 fully saturated rings. The van der Waals surface area contributed by atoms with Crippen LogP contribution in [0.25, 0.3) is 0 Å². The molecule has 4 nitrogen and oxygen atoms in total. The minimum Gasteiger partial charge on any atom is -0.449 e. The molecule has 1 unspecified atom stereocenters. The van der Waals surface area contributed by atoms with Gasteiger partial charge in [0.2, 0.25) is 0 Å². The molecule has 1 N–H and O–H groups in total. The van der Waals surface area contributed by atoms with Crippen molar-refractivity contribution in [3.63, 3.8) is 0 Å². The molecule has 3 rings (SSSR count). The number of benzene rings is 1. The monoisotopic (exact) mass is 432 g/mol. The highest BCUT2D eigenvalue weighted by Crippen LogP contribution is 2.38. The maximum absolute atomic E-state index is 12.6. The zero-order valence-corrected chi connectivity index (χ0v) is 16.5. The summed E-state index contributed by atoms with van der Waals surface area (Å²) in [6, 6.07) is 7.25. The van der Waals surface area contributed by atoms with Crippen molar-refractivity contribution >= 4 is 29.3 Å². The van der Waals surface area contributed by atoms with Gasteiger partial charge in [-0.05, 0) is 54.5 Å². The Balaban J connectivity index is 1.74. The van der Waals surface area contributed by atoms with Crippen molar-refractivity contribution < 1.29 is 22.7 Å². The van der Waals surface area contributed by atoms with Crippen LogP contribution in [-0.4, -0.2) is 35.6 Å². The summed E-state index contributed by atoms with van der Waals surface area (Å²) >= 11 is 7.97. The molecule has 2 heterocycles. The summed E-state index contributed by atoms with van der Waals surface area (Å²) in [7, 11) is 0. The molecule has 1 atom stereocenters. The van der Waals surface area contributed by atoms with E-state index >= 15 is 0 Å². The number of fused-ring (bicyclic) bond motifs is 1. The van der Waals surface area contributed by atoms with Gasteiger partial charge in [-0.2, -0.15) is 13.2 Å². The lowest BCUT2D eigenvalue weighted by atomic mass is 10.0. The van der Waals surface area contributed by atoms with Crippen LogP contribution in [0.5, 0.6) is 0 Å². The van der Waals surface area contributed by atoms with Crippen molar-refractivity contribution in [2.75, 3.05) is 18.8 Å². The SMILES string of the molecule is O=C(OC1CNCCc2c1ccc(Cl)c2SCCCn1cccc1)C(F)(F)F. The average Bonchev–Trinajstić information content (AvgIpc) is 3.07. The Morgan fingerprint density at radius 1 is 1.32 bits per heavy atom. The molecule has 0 spiro atoms. The van der Waals surface area contributed by atoms with Gasteiger partial charge in [-0.15, -0.1) is 11.8 Å². The standard InChI is InChI=1S/C19H20ClF3N2O2S/c20-15-5-4-13-14(17(15)28-11-3-10-25-8-1-2-9-25)6-7-24-12-16(13)27-18(26)19(21,22)23/h1-2,4-5,8-9,16,24H,3,6-7,10-12H2. The van der Waals surface area contributed by atoms with E-state index < -0.39 is 18.2 Å². The van der Waals surface area contributed by atoms with E-state index in [1.54, 1.807) is 23.9 Å². The number of aryl methyl sites for hydroxylation is 1. The highest BCUT2D eigenvalue weighted by atomic mass is 35.5. The number of alkyl halides is 3. The first-order chi connectivity index (χ1) is 13.4. The van der Waals surface area contributed by atoms with E-state index in [4.69, 9.17) is 16.3 Å². The Kier molecular flexibility index (Phi) is 6.95. The number of esters is 1. The molecular weight excluding hydrogens is 413 g/mol. The summed E-state index contributed by atoms with van der Waals surface area (Å²) in [5, 5.41) is 3.60. The molecular formula is C19H20ClF3N2O2S. The molecule has 9 heteroatoms. The quantitative estimate of drug-likeness (QED) is 0.411. The van der Waals surface area contributed by atoms with Crippen molar-refractivity contribution in [3.8, 4) is 0 Å². The molecule has 0 amide bonds. The van der Waals surface area contributed by atoms with Crippen LogP contribution in [0.2, 0.25) is 5.02 Å². The first-order valence-electron chi connectivity index (χ1n) is 8.89. The van der Waals surface area contributed by atoms with Gasteiger partial charge in [0.15, 0.2) is 0 Å². The third-order valence-electron chi connectivity index (χ3n) is 4.43. The zero-order valence-electron chi connectivity index (χ0n) is 15.0. The van der Waals surface area contributed by atoms with Crippen LogP contribution < -0.4 is 5.32 Å². The Morgan fingerprint density at radius 2 is 2.07 bits per heavy atom. The summed E-state index contributed by atoms with van der Waals surface area (Å²) in [4.78, 5) is 12.2. The number of hydrogen-bond donors (Lipinski definition) is 1. The summed E-state index contributed by atoms with van der Waals surface area (Å²) < 4.78 is 44.7. The molecule has 1 aliphatic heterocycles. The van der Waals surface area contributed by atoms with Crippen LogP contribution in [0.15, 0.2) is 41.6 Å². The van der Waals surface area contributed by atoms with Gasteiger partial charge in [0.1, 0.15) is 6.10 Å². The molecule has 0 saturated heterocycles. The number of nitrogens with one attached hydrogen (secondary N) is 1. The van der Waals surface area contributed by atoms with Gasteiger partial charge in [-0.25, -0.2) is 4.79 Å². The molecule has 1 aliphatic rings. The number of hydrogen-bond acceptors (Lipinski definition) is 4. The topological polar surface area (TPSA) is 43.3 Å². The normalized spacial score (nSPS) is 17.1. The van der Waals surface area contributed by atoms with Crippen LogP contribution in [0.1, 0.15) is 23.7 Å². The molecule has 1 aromatic heterocycles. The van der Waals surface area contributed by atoms with E-state index in [1.165, 1.54) is 0 Å². The van der Waals surface area contributed by atoms with E-state index in [0.717, 1.165) is 29.2 Å². The second-order valence-corrected chi connectivity index (χ2v) is 7.93. The molecule has 0 bridgehead atoms. The van der Waals surface area contributed by atoms with Crippen LogP contribution in [0.4, 0.5) is 13.2 Å². The Morgan fingerprint density at radius 3 is 2.79 bits per heavy atom. The van der Waals surface area contributed by atoms with E-state index in [0.29, 0.717) is 23.6 Å². The van der Waals surface area contributed by atoms with Crippen LogP contribution in [0, 0.1) is 0 Å². The van der Waals surface area contributed by atoms with E-state index in [-0.39, 0.29) is 6.54 Å². The maximum Gasteiger partial charge on any atom is 0.490 e. The van der Waals surface area contributed by atoms with Crippen molar-refractivity contribution in [1.82, 2.24) is 9.88 Å². The van der Waals surface area contributed by atoms with E-state index in [2.05, 4.69) is 9.88 Å². The summed E-state index contributed by atoms with van der Waals surface area (Å²) in [5.74, 6) is -1.36. The Bertz CT molecular complexity index is 812. The fraction of sp³-hybridized carbons (Fsp3) is 0.421. The summed E-state index contributed by atoms with van der Waals surface area (Å²) in [6.07, 6.45) is -0.493. The minimum absolute atomic E-state index is 0.133. The first-order valence-corrected chi connectivity index (χ1v) is 10.3. The number of carbonyl (C=O) groups excluding carboxylic acids is 1. The lowest BCUT2D eigenvalue weighted by Crippen LogP contribution is -2.30. The smallest absolute Gasteiger partial charge is 0.449 e. The number of halogens is 4. The molecule has 0 radical (unpaired) electrons. The van der Waals surface area contributed by atoms with Gasteiger partial charge < -0.3 is 14.6 Å². The Hall–Kier alpha value is -1.64. The fourth-order valence-electron chi connectivity index (χ4n) is 3.13. The average molecular weight is 433 g/mol. The van der Waals surface area contributed by atoms with Crippen LogP contribution in [0.3, 0.4) is 0 Å².